The van der Waals surface area contributed by atoms with Crippen molar-refractivity contribution in [2.24, 2.45) is 0 Å². The van der Waals surface area contributed by atoms with Crippen molar-refractivity contribution in [2.45, 2.75) is 24.5 Å². The Hall–Kier alpha value is -3.39. The molecular weight excluding hydrogens is 458 g/mol. The number of carbonyl (C=O) groups excluding carboxylic acids is 1. The van der Waals surface area contributed by atoms with Crippen molar-refractivity contribution in [3.05, 3.63) is 94.0 Å². The molecular formula is C26H24ClNO6. The predicted molar refractivity (Wildman–Crippen MR) is 127 cm³/mol. The van der Waals surface area contributed by atoms with Crippen molar-refractivity contribution < 1.29 is 29.6 Å². The average molecular weight is 482 g/mol. The number of carboxylic acids is 1. The van der Waals surface area contributed by atoms with Gasteiger partial charge < -0.3 is 25.4 Å². The summed E-state index contributed by atoms with van der Waals surface area (Å²) in [5.74, 6) is -1.19. The Bertz CT molecular complexity index is 1170. The minimum Gasteiger partial charge on any atom is -0.481 e. The number of hydrogen-bond acceptors (Lipinski definition) is 5. The summed E-state index contributed by atoms with van der Waals surface area (Å²) in [4.78, 5) is 23.4. The van der Waals surface area contributed by atoms with E-state index in [1.165, 1.54) is 18.2 Å². The van der Waals surface area contributed by atoms with Gasteiger partial charge in [-0.1, -0.05) is 66.2 Å². The van der Waals surface area contributed by atoms with Crippen LogP contribution in [-0.4, -0.2) is 46.6 Å². The first-order valence-electron chi connectivity index (χ1n) is 10.8. The number of aliphatic hydroxyl groups excluding tert-OH is 2. The molecule has 3 aromatic rings. The summed E-state index contributed by atoms with van der Waals surface area (Å²) in [5, 5.41) is 32.8. The average Bonchev–Trinajstić information content (AvgIpc) is 3.14. The molecule has 1 amide bonds. The molecule has 34 heavy (non-hydrogen) atoms. The van der Waals surface area contributed by atoms with Gasteiger partial charge in [0.05, 0.1) is 6.42 Å². The fraction of sp³-hybridized carbons (Fsp3) is 0.231. The van der Waals surface area contributed by atoms with Crippen molar-refractivity contribution in [1.82, 2.24) is 5.32 Å². The van der Waals surface area contributed by atoms with Gasteiger partial charge in [-0.15, -0.1) is 0 Å². The molecule has 7 nitrogen and oxygen atoms in total. The van der Waals surface area contributed by atoms with Crippen LogP contribution < -0.4 is 5.32 Å². The predicted octanol–water partition coefficient (Wildman–Crippen LogP) is 3.90. The third kappa shape index (κ3) is 5.07. The van der Waals surface area contributed by atoms with Gasteiger partial charge in [0.1, 0.15) is 18.8 Å². The quantitative estimate of drug-likeness (QED) is 0.388. The van der Waals surface area contributed by atoms with E-state index >= 15 is 0 Å². The first-order chi connectivity index (χ1) is 16.3. The monoisotopic (exact) mass is 481 g/mol. The number of hydrogen-bond donors (Lipinski definition) is 4. The minimum atomic E-state index is -1.42. The summed E-state index contributed by atoms with van der Waals surface area (Å²) in [6, 6.07) is 20.4. The number of alkyl carbamates (subject to hydrolysis) is 1. The molecule has 176 valence electrons. The maximum absolute atomic E-state index is 12.3. The highest BCUT2D eigenvalue weighted by atomic mass is 35.5. The van der Waals surface area contributed by atoms with Gasteiger partial charge in [0, 0.05) is 17.5 Å². The molecule has 4 N–H and O–H groups in total. The lowest BCUT2D eigenvalue weighted by Crippen LogP contribution is -2.36. The van der Waals surface area contributed by atoms with Crippen LogP contribution in [0, 0.1) is 0 Å². The van der Waals surface area contributed by atoms with Crippen molar-refractivity contribution >= 4 is 23.7 Å². The van der Waals surface area contributed by atoms with E-state index in [1.807, 2.05) is 48.5 Å². The van der Waals surface area contributed by atoms with Gasteiger partial charge in [0.25, 0.3) is 0 Å². The summed E-state index contributed by atoms with van der Waals surface area (Å²) in [6.45, 7) is -0.161. The molecule has 2 atom stereocenters. The largest absolute Gasteiger partial charge is 0.481 e. The van der Waals surface area contributed by atoms with Crippen molar-refractivity contribution in [3.8, 4) is 11.1 Å². The third-order valence-corrected chi connectivity index (χ3v) is 6.16. The number of amides is 1. The van der Waals surface area contributed by atoms with Crippen LogP contribution in [0.25, 0.3) is 11.1 Å². The number of carbonyl (C=O) groups is 2. The number of fused-ring (bicyclic) bond motifs is 3. The maximum Gasteiger partial charge on any atom is 0.407 e. The molecule has 0 saturated carbocycles. The highest BCUT2D eigenvalue weighted by molar-refractivity contribution is 6.30. The zero-order chi connectivity index (χ0) is 24.2. The van der Waals surface area contributed by atoms with Gasteiger partial charge in [-0.25, -0.2) is 4.79 Å². The first-order valence-corrected chi connectivity index (χ1v) is 11.2. The smallest absolute Gasteiger partial charge is 0.407 e. The molecule has 0 heterocycles. The fourth-order valence-electron chi connectivity index (χ4n) is 4.34. The van der Waals surface area contributed by atoms with Gasteiger partial charge in [-0.2, -0.15) is 0 Å². The molecule has 0 saturated heterocycles. The van der Waals surface area contributed by atoms with Crippen LogP contribution in [0.15, 0.2) is 66.7 Å². The van der Waals surface area contributed by atoms with Crippen LogP contribution in [0.2, 0.25) is 5.02 Å². The third-order valence-electron chi connectivity index (χ3n) is 5.93. The number of halogens is 1. The number of ether oxygens (including phenoxy) is 1. The SMILES string of the molecule is O=C(O)Cc1cc(Cl)ccc1C(O)C(O)CNC(=O)OCC1c2ccccc2-c2ccccc21. The summed E-state index contributed by atoms with van der Waals surface area (Å²) in [6.07, 6.45) is -3.89. The van der Waals surface area contributed by atoms with E-state index in [1.54, 1.807) is 0 Å². The lowest BCUT2D eigenvalue weighted by molar-refractivity contribution is -0.136. The highest BCUT2D eigenvalue weighted by Crippen LogP contribution is 2.44. The molecule has 0 aliphatic heterocycles. The van der Waals surface area contributed by atoms with E-state index in [0.717, 1.165) is 22.3 Å². The second-order valence-corrected chi connectivity index (χ2v) is 8.57. The molecule has 3 aromatic carbocycles. The zero-order valence-electron chi connectivity index (χ0n) is 18.1. The molecule has 1 aliphatic carbocycles. The van der Waals surface area contributed by atoms with Crippen LogP contribution >= 0.6 is 11.6 Å². The van der Waals surface area contributed by atoms with E-state index in [0.29, 0.717) is 5.02 Å². The van der Waals surface area contributed by atoms with E-state index in [4.69, 9.17) is 21.4 Å². The highest BCUT2D eigenvalue weighted by Gasteiger charge is 2.29. The first kappa shape index (κ1) is 23.8. The Balaban J connectivity index is 1.36. The molecule has 0 fully saturated rings. The van der Waals surface area contributed by atoms with Crippen LogP contribution in [0.1, 0.15) is 34.3 Å². The maximum atomic E-state index is 12.3. The summed E-state index contributed by atoms with van der Waals surface area (Å²) in [5.41, 5.74) is 4.92. The minimum absolute atomic E-state index is 0.0960. The van der Waals surface area contributed by atoms with Crippen molar-refractivity contribution in [3.63, 3.8) is 0 Å². The Kier molecular flexibility index (Phi) is 7.17. The van der Waals surface area contributed by atoms with Crippen LogP contribution in [0.4, 0.5) is 4.79 Å². The molecule has 0 aromatic heterocycles. The second kappa shape index (κ2) is 10.3. The van der Waals surface area contributed by atoms with Crippen LogP contribution in [0.5, 0.6) is 0 Å². The Morgan fingerprint density at radius 3 is 2.21 bits per heavy atom. The zero-order valence-corrected chi connectivity index (χ0v) is 18.9. The molecule has 2 unspecified atom stereocenters. The van der Waals surface area contributed by atoms with Crippen LogP contribution in [-0.2, 0) is 16.0 Å². The van der Waals surface area contributed by atoms with Gasteiger partial charge in [0.15, 0.2) is 0 Å². The van der Waals surface area contributed by atoms with Crippen molar-refractivity contribution in [2.75, 3.05) is 13.2 Å². The Labute approximate surface area is 201 Å². The number of carboxylic acid groups (broad SMARTS) is 1. The number of benzene rings is 3. The van der Waals surface area contributed by atoms with E-state index < -0.39 is 24.3 Å². The van der Waals surface area contributed by atoms with E-state index in [-0.39, 0.29) is 36.6 Å². The summed E-state index contributed by atoms with van der Waals surface area (Å²) >= 11 is 5.93. The van der Waals surface area contributed by atoms with Gasteiger partial charge in [-0.3, -0.25) is 4.79 Å². The lowest BCUT2D eigenvalue weighted by Gasteiger charge is -2.21. The van der Waals surface area contributed by atoms with Gasteiger partial charge in [0.2, 0.25) is 0 Å². The normalized spacial score (nSPS) is 14.1. The number of aliphatic hydroxyl groups is 2. The van der Waals surface area contributed by atoms with Gasteiger partial charge in [-0.05, 0) is 45.5 Å². The second-order valence-electron chi connectivity index (χ2n) is 8.13. The van der Waals surface area contributed by atoms with Gasteiger partial charge >= 0.3 is 12.1 Å². The fourth-order valence-corrected chi connectivity index (χ4v) is 4.53. The number of rotatable bonds is 8. The standard InChI is InChI=1S/C26H24ClNO6/c27-16-9-10-17(15(11-16)12-24(30)31)25(32)23(29)13-28-26(33)34-14-22-20-7-3-1-5-18(20)19-6-2-4-8-21(19)22/h1-11,22-23,25,29,32H,12-14H2,(H,28,33)(H,30,31). The lowest BCUT2D eigenvalue weighted by atomic mass is 9.96. The molecule has 4 rings (SSSR count). The topological polar surface area (TPSA) is 116 Å². The van der Waals surface area contributed by atoms with E-state index in [2.05, 4.69) is 5.32 Å². The van der Waals surface area contributed by atoms with E-state index in [9.17, 15) is 19.8 Å². The Morgan fingerprint density at radius 1 is 0.971 bits per heavy atom. The molecule has 0 radical (unpaired) electrons. The molecule has 1 aliphatic rings. The molecule has 8 heteroatoms. The number of nitrogens with one attached hydrogen (secondary N) is 1. The molecule has 0 spiro atoms. The van der Waals surface area contributed by atoms with Crippen LogP contribution in [0.3, 0.4) is 0 Å². The summed E-state index contributed by atoms with van der Waals surface area (Å²) < 4.78 is 5.43. The number of aliphatic carboxylic acids is 1. The Morgan fingerprint density at radius 2 is 1.59 bits per heavy atom. The molecule has 0 bridgehead atoms. The van der Waals surface area contributed by atoms with Crippen molar-refractivity contribution in [1.29, 1.82) is 0 Å². The summed E-state index contributed by atoms with van der Waals surface area (Å²) in [7, 11) is 0.